The summed E-state index contributed by atoms with van der Waals surface area (Å²) >= 11 is 0. The van der Waals surface area contributed by atoms with E-state index in [0.717, 1.165) is 28.6 Å². The summed E-state index contributed by atoms with van der Waals surface area (Å²) in [6, 6.07) is 18.7. The van der Waals surface area contributed by atoms with E-state index < -0.39 is 30.0 Å². The van der Waals surface area contributed by atoms with Gasteiger partial charge in [-0.3, -0.25) is 4.79 Å². The topological polar surface area (TPSA) is 105 Å². The van der Waals surface area contributed by atoms with Crippen LogP contribution in [0.4, 0.5) is 13.2 Å². The normalized spacial score (nSPS) is 12.5. The van der Waals surface area contributed by atoms with Crippen LogP contribution in [0, 0.1) is 0 Å². The predicted octanol–water partition coefficient (Wildman–Crippen LogP) is 7.60. The van der Waals surface area contributed by atoms with Gasteiger partial charge in [-0.15, -0.1) is 13.2 Å². The van der Waals surface area contributed by atoms with Crippen molar-refractivity contribution in [2.75, 3.05) is 14.2 Å². The number of nitrogens with zero attached hydrogens (tertiary/aromatic N) is 2. The van der Waals surface area contributed by atoms with Crippen molar-refractivity contribution in [3.05, 3.63) is 90.1 Å². The molecule has 6 rings (SSSR count). The van der Waals surface area contributed by atoms with Crippen LogP contribution < -0.4 is 14.8 Å². The average molecular weight is 646 g/mol. The molecule has 242 valence electrons. The van der Waals surface area contributed by atoms with Gasteiger partial charge in [0.1, 0.15) is 17.5 Å². The monoisotopic (exact) mass is 645 g/mol. The lowest BCUT2D eigenvalue weighted by molar-refractivity contribution is -0.274. The SMILES string of the molecule is COC(=O)C(Cc1cn(C(C)C)c2ccccc12)NC(=O)c1cc(-c2cc3cccc(OC)c3o2)nc2ccc(OC(F)(F)F)cc12. The zero-order valence-corrected chi connectivity index (χ0v) is 25.8. The maximum absolute atomic E-state index is 14.0. The highest BCUT2D eigenvalue weighted by atomic mass is 19.4. The van der Waals surface area contributed by atoms with Crippen molar-refractivity contribution in [3.8, 4) is 23.0 Å². The van der Waals surface area contributed by atoms with E-state index in [1.54, 1.807) is 18.2 Å². The highest BCUT2D eigenvalue weighted by molar-refractivity contribution is 6.08. The molecule has 0 saturated heterocycles. The molecular weight excluding hydrogens is 615 g/mol. The average Bonchev–Trinajstić information content (AvgIpc) is 3.65. The van der Waals surface area contributed by atoms with E-state index in [9.17, 15) is 22.8 Å². The number of carbonyl (C=O) groups is 2. The minimum atomic E-state index is -4.96. The Bertz CT molecular complexity index is 2130. The van der Waals surface area contributed by atoms with Crippen molar-refractivity contribution in [3.63, 3.8) is 0 Å². The summed E-state index contributed by atoms with van der Waals surface area (Å²) in [4.78, 5) is 31.7. The molecule has 3 aromatic heterocycles. The van der Waals surface area contributed by atoms with E-state index in [-0.39, 0.29) is 34.6 Å². The number of halogens is 3. The van der Waals surface area contributed by atoms with Crippen LogP contribution in [0.3, 0.4) is 0 Å². The minimum absolute atomic E-state index is 0.0523. The Morgan fingerprint density at radius 1 is 0.979 bits per heavy atom. The molecule has 0 bridgehead atoms. The van der Waals surface area contributed by atoms with E-state index in [1.165, 1.54) is 26.4 Å². The number of rotatable bonds is 9. The van der Waals surface area contributed by atoms with Crippen LogP contribution in [0.15, 0.2) is 83.4 Å². The van der Waals surface area contributed by atoms with Gasteiger partial charge in [0.05, 0.1) is 25.3 Å². The highest BCUT2D eigenvalue weighted by Gasteiger charge is 2.32. The summed E-state index contributed by atoms with van der Waals surface area (Å²) < 4.78 is 62.1. The van der Waals surface area contributed by atoms with E-state index in [4.69, 9.17) is 13.9 Å². The van der Waals surface area contributed by atoms with Gasteiger partial charge in [-0.05, 0) is 61.9 Å². The lowest BCUT2D eigenvalue weighted by Crippen LogP contribution is -2.43. The number of para-hydroxylation sites is 2. The standard InChI is InChI=1S/C35H30F3N3O6/c1-19(2)41-18-21(23-9-5-6-10-29(23)41)14-28(34(43)45-4)40-33(42)25-17-27(31-15-20-8-7-11-30(44-3)32(20)46-31)39-26-13-12-22(16-24(25)26)47-35(36,37)38/h5-13,15-19,28H,14H2,1-4H3,(H,40,42). The lowest BCUT2D eigenvalue weighted by Gasteiger charge is -2.18. The van der Waals surface area contributed by atoms with E-state index in [1.807, 2.05) is 50.4 Å². The van der Waals surface area contributed by atoms with Crippen molar-refractivity contribution in [1.29, 1.82) is 0 Å². The summed E-state index contributed by atoms with van der Waals surface area (Å²) in [5.74, 6) is -1.18. The van der Waals surface area contributed by atoms with Gasteiger partial charge in [-0.25, -0.2) is 9.78 Å². The fourth-order valence-corrected chi connectivity index (χ4v) is 5.70. The molecule has 1 N–H and O–H groups in total. The summed E-state index contributed by atoms with van der Waals surface area (Å²) in [5.41, 5.74) is 2.62. The molecule has 0 aliphatic carbocycles. The first-order valence-corrected chi connectivity index (χ1v) is 14.7. The van der Waals surface area contributed by atoms with Crippen LogP contribution in [-0.4, -0.2) is 48.1 Å². The van der Waals surface area contributed by atoms with Gasteiger partial charge in [-0.1, -0.05) is 30.3 Å². The Kier molecular flexibility index (Phi) is 8.27. The molecular formula is C35H30F3N3O6. The number of fused-ring (bicyclic) bond motifs is 3. The number of amides is 1. The number of aromatic nitrogens is 2. The smallest absolute Gasteiger partial charge is 0.493 e. The zero-order valence-electron chi connectivity index (χ0n) is 25.8. The predicted molar refractivity (Wildman–Crippen MR) is 169 cm³/mol. The van der Waals surface area contributed by atoms with Gasteiger partial charge < -0.3 is 28.5 Å². The number of carbonyl (C=O) groups excluding carboxylic acids is 2. The first-order chi connectivity index (χ1) is 22.5. The third-order valence-electron chi connectivity index (χ3n) is 7.83. The Morgan fingerprint density at radius 2 is 1.77 bits per heavy atom. The largest absolute Gasteiger partial charge is 0.573 e. The number of furan rings is 1. The Balaban J connectivity index is 1.44. The van der Waals surface area contributed by atoms with E-state index >= 15 is 0 Å². The fraction of sp³-hybridized carbons (Fsp3) is 0.229. The van der Waals surface area contributed by atoms with Crippen LogP contribution in [-0.2, 0) is 16.0 Å². The first-order valence-electron chi connectivity index (χ1n) is 14.7. The maximum Gasteiger partial charge on any atom is 0.573 e. The Morgan fingerprint density at radius 3 is 2.49 bits per heavy atom. The number of pyridine rings is 1. The molecule has 0 radical (unpaired) electrons. The number of methoxy groups -OCH3 is 2. The minimum Gasteiger partial charge on any atom is -0.493 e. The number of benzene rings is 3. The van der Waals surface area contributed by atoms with Crippen LogP contribution in [0.2, 0.25) is 0 Å². The molecule has 3 heterocycles. The van der Waals surface area contributed by atoms with Crippen LogP contribution >= 0.6 is 0 Å². The molecule has 0 aliphatic heterocycles. The van der Waals surface area contributed by atoms with Crippen molar-refractivity contribution in [1.82, 2.24) is 14.9 Å². The van der Waals surface area contributed by atoms with Gasteiger partial charge in [0.15, 0.2) is 17.1 Å². The molecule has 6 aromatic rings. The summed E-state index contributed by atoms with van der Waals surface area (Å²) in [7, 11) is 2.72. The molecule has 0 aliphatic rings. The molecule has 1 amide bonds. The molecule has 1 unspecified atom stereocenters. The molecule has 0 spiro atoms. The Labute approximate surface area is 266 Å². The fourth-order valence-electron chi connectivity index (χ4n) is 5.70. The number of esters is 1. The molecule has 0 fully saturated rings. The molecule has 47 heavy (non-hydrogen) atoms. The van der Waals surface area contributed by atoms with Crippen molar-refractivity contribution in [2.24, 2.45) is 0 Å². The van der Waals surface area contributed by atoms with Gasteiger partial charge in [0.25, 0.3) is 5.91 Å². The summed E-state index contributed by atoms with van der Waals surface area (Å²) in [6.45, 7) is 4.08. The van der Waals surface area contributed by atoms with Crippen LogP contribution in [0.5, 0.6) is 11.5 Å². The van der Waals surface area contributed by atoms with Crippen LogP contribution in [0.25, 0.3) is 44.2 Å². The third kappa shape index (κ3) is 6.31. The molecule has 3 aromatic carbocycles. The zero-order chi connectivity index (χ0) is 33.5. The molecule has 9 nitrogen and oxygen atoms in total. The number of hydrogen-bond acceptors (Lipinski definition) is 7. The van der Waals surface area contributed by atoms with E-state index in [0.29, 0.717) is 22.5 Å². The van der Waals surface area contributed by atoms with Gasteiger partial charge >= 0.3 is 12.3 Å². The van der Waals surface area contributed by atoms with Crippen molar-refractivity contribution >= 4 is 44.7 Å². The van der Waals surface area contributed by atoms with Gasteiger partial charge in [0.2, 0.25) is 0 Å². The number of ether oxygens (including phenoxy) is 3. The second-order valence-corrected chi connectivity index (χ2v) is 11.2. The van der Waals surface area contributed by atoms with Crippen LogP contribution in [0.1, 0.15) is 35.8 Å². The van der Waals surface area contributed by atoms with Crippen molar-refractivity contribution < 1.29 is 41.4 Å². The Hall–Kier alpha value is -5.52. The number of alkyl halides is 3. The molecule has 0 saturated carbocycles. The third-order valence-corrected chi connectivity index (χ3v) is 7.83. The number of hydrogen-bond donors (Lipinski definition) is 1. The maximum atomic E-state index is 14.0. The van der Waals surface area contributed by atoms with Gasteiger partial charge in [-0.2, -0.15) is 0 Å². The van der Waals surface area contributed by atoms with Crippen molar-refractivity contribution in [2.45, 2.75) is 38.7 Å². The second-order valence-electron chi connectivity index (χ2n) is 11.2. The highest BCUT2D eigenvalue weighted by Crippen LogP contribution is 2.35. The van der Waals surface area contributed by atoms with E-state index in [2.05, 4.69) is 19.6 Å². The quantitative estimate of drug-likeness (QED) is 0.162. The number of nitrogens with one attached hydrogen (secondary N) is 1. The van der Waals surface area contributed by atoms with Gasteiger partial charge in [0, 0.05) is 40.3 Å². The summed E-state index contributed by atoms with van der Waals surface area (Å²) in [6.07, 6.45) is -2.92. The first kappa shape index (κ1) is 31.5. The second kappa shape index (κ2) is 12.3. The molecule has 1 atom stereocenters. The lowest BCUT2D eigenvalue weighted by atomic mass is 10.0. The summed E-state index contributed by atoms with van der Waals surface area (Å²) in [5, 5.41) is 4.45. The molecule has 12 heteroatoms.